The number of nitrogens with two attached hydrogens (primary N) is 1. The third-order valence-corrected chi connectivity index (χ3v) is 3.71. The Bertz CT molecular complexity index is 787. The standard InChI is InChI=1S/C16H18N4/c1-10-6-14-15(7-11(10)2)20(9-18-14)16-13(8-17)5-4-12(3)19-16/h4-7,9H,8,17H2,1-3H3. The van der Waals surface area contributed by atoms with Crippen LogP contribution in [0.25, 0.3) is 16.9 Å². The third kappa shape index (κ3) is 1.98. The van der Waals surface area contributed by atoms with Gasteiger partial charge in [0.2, 0.25) is 0 Å². The van der Waals surface area contributed by atoms with E-state index in [0.29, 0.717) is 6.54 Å². The number of hydrogen-bond acceptors (Lipinski definition) is 3. The number of aromatic nitrogens is 3. The molecule has 0 radical (unpaired) electrons. The summed E-state index contributed by atoms with van der Waals surface area (Å²) in [5.41, 5.74) is 12.4. The quantitative estimate of drug-likeness (QED) is 0.776. The highest BCUT2D eigenvalue weighted by Crippen LogP contribution is 2.22. The van der Waals surface area contributed by atoms with E-state index in [0.717, 1.165) is 28.1 Å². The lowest BCUT2D eigenvalue weighted by molar-refractivity contribution is 0.936. The molecule has 0 fully saturated rings. The summed E-state index contributed by atoms with van der Waals surface area (Å²) in [6.45, 7) is 6.66. The number of hydrogen-bond donors (Lipinski definition) is 1. The van der Waals surface area contributed by atoms with Crippen LogP contribution in [0, 0.1) is 20.8 Å². The fraction of sp³-hybridized carbons (Fsp3) is 0.250. The summed E-state index contributed by atoms with van der Waals surface area (Å²) in [5, 5.41) is 0. The number of pyridine rings is 1. The second kappa shape index (κ2) is 4.72. The van der Waals surface area contributed by atoms with E-state index in [1.807, 2.05) is 30.0 Å². The maximum Gasteiger partial charge on any atom is 0.143 e. The fourth-order valence-electron chi connectivity index (χ4n) is 2.37. The Kier molecular flexibility index (Phi) is 3.03. The minimum atomic E-state index is 0.465. The number of fused-ring (bicyclic) bond motifs is 1. The molecule has 0 unspecified atom stereocenters. The van der Waals surface area contributed by atoms with Crippen molar-refractivity contribution in [3.05, 3.63) is 53.0 Å². The number of imidazole rings is 1. The van der Waals surface area contributed by atoms with Crippen LogP contribution in [0.2, 0.25) is 0 Å². The molecule has 0 aliphatic heterocycles. The first-order valence-electron chi connectivity index (χ1n) is 6.71. The molecule has 0 aliphatic rings. The molecule has 0 bridgehead atoms. The average molecular weight is 266 g/mol. The van der Waals surface area contributed by atoms with Gasteiger partial charge in [0.1, 0.15) is 12.1 Å². The molecule has 2 aromatic heterocycles. The van der Waals surface area contributed by atoms with Crippen LogP contribution in [0.4, 0.5) is 0 Å². The number of rotatable bonds is 2. The van der Waals surface area contributed by atoms with Gasteiger partial charge in [0, 0.05) is 17.8 Å². The summed E-state index contributed by atoms with van der Waals surface area (Å²) in [4.78, 5) is 9.12. The highest BCUT2D eigenvalue weighted by Gasteiger charge is 2.11. The van der Waals surface area contributed by atoms with Gasteiger partial charge in [-0.1, -0.05) is 6.07 Å². The molecule has 2 heterocycles. The third-order valence-electron chi connectivity index (χ3n) is 3.71. The Morgan fingerprint density at radius 3 is 2.60 bits per heavy atom. The van der Waals surface area contributed by atoms with Crippen molar-refractivity contribution in [1.82, 2.24) is 14.5 Å². The van der Waals surface area contributed by atoms with Crippen molar-refractivity contribution in [3.8, 4) is 5.82 Å². The molecule has 4 heteroatoms. The lowest BCUT2D eigenvalue weighted by atomic mass is 10.1. The first-order valence-corrected chi connectivity index (χ1v) is 6.71. The highest BCUT2D eigenvalue weighted by atomic mass is 15.1. The van der Waals surface area contributed by atoms with Crippen LogP contribution in [0.1, 0.15) is 22.4 Å². The number of nitrogens with zero attached hydrogens (tertiary/aromatic N) is 3. The van der Waals surface area contributed by atoms with Crippen LogP contribution in [-0.2, 0) is 6.54 Å². The molecule has 0 atom stereocenters. The highest BCUT2D eigenvalue weighted by molar-refractivity contribution is 5.79. The molecular formula is C16H18N4. The lowest BCUT2D eigenvalue weighted by Crippen LogP contribution is -2.07. The maximum absolute atomic E-state index is 5.83. The van der Waals surface area contributed by atoms with Crippen LogP contribution in [0.5, 0.6) is 0 Å². The van der Waals surface area contributed by atoms with Gasteiger partial charge >= 0.3 is 0 Å². The molecule has 3 rings (SSSR count). The van der Waals surface area contributed by atoms with E-state index in [9.17, 15) is 0 Å². The van der Waals surface area contributed by atoms with Gasteiger partial charge in [-0.25, -0.2) is 9.97 Å². The van der Waals surface area contributed by atoms with Crippen molar-refractivity contribution >= 4 is 11.0 Å². The normalized spacial score (nSPS) is 11.2. The van der Waals surface area contributed by atoms with Crippen LogP contribution < -0.4 is 5.73 Å². The average Bonchev–Trinajstić information content (AvgIpc) is 2.82. The Hall–Kier alpha value is -2.20. The zero-order valence-corrected chi connectivity index (χ0v) is 12.0. The number of aryl methyl sites for hydroxylation is 3. The van der Waals surface area contributed by atoms with E-state index in [4.69, 9.17) is 5.73 Å². The van der Waals surface area contributed by atoms with Crippen molar-refractivity contribution in [2.45, 2.75) is 27.3 Å². The van der Waals surface area contributed by atoms with E-state index in [1.165, 1.54) is 11.1 Å². The van der Waals surface area contributed by atoms with E-state index in [1.54, 1.807) is 0 Å². The van der Waals surface area contributed by atoms with Gasteiger partial charge < -0.3 is 5.73 Å². The monoisotopic (exact) mass is 266 g/mol. The summed E-state index contributed by atoms with van der Waals surface area (Å²) < 4.78 is 2.02. The second-order valence-electron chi connectivity index (χ2n) is 5.18. The topological polar surface area (TPSA) is 56.7 Å². The van der Waals surface area contributed by atoms with E-state index in [-0.39, 0.29) is 0 Å². The van der Waals surface area contributed by atoms with Crippen molar-refractivity contribution in [3.63, 3.8) is 0 Å². The van der Waals surface area contributed by atoms with Gasteiger partial charge in [-0.3, -0.25) is 4.57 Å². The molecule has 0 spiro atoms. The van der Waals surface area contributed by atoms with Crippen LogP contribution in [0.3, 0.4) is 0 Å². The van der Waals surface area contributed by atoms with Gasteiger partial charge in [0.15, 0.2) is 0 Å². The van der Waals surface area contributed by atoms with Crippen LogP contribution in [0.15, 0.2) is 30.6 Å². The molecule has 4 nitrogen and oxygen atoms in total. The molecule has 1 aromatic carbocycles. The van der Waals surface area contributed by atoms with Crippen molar-refractivity contribution in [2.75, 3.05) is 0 Å². The molecule has 102 valence electrons. The smallest absolute Gasteiger partial charge is 0.143 e. The Balaban J connectivity index is 2.30. The molecule has 2 N–H and O–H groups in total. The molecule has 0 saturated carbocycles. The Morgan fingerprint density at radius 1 is 1.10 bits per heavy atom. The molecule has 20 heavy (non-hydrogen) atoms. The van der Waals surface area contributed by atoms with Crippen molar-refractivity contribution in [2.24, 2.45) is 5.73 Å². The van der Waals surface area contributed by atoms with Crippen molar-refractivity contribution in [1.29, 1.82) is 0 Å². The zero-order chi connectivity index (χ0) is 14.3. The fourth-order valence-corrected chi connectivity index (χ4v) is 2.37. The van der Waals surface area contributed by atoms with E-state index in [2.05, 4.69) is 35.9 Å². The van der Waals surface area contributed by atoms with E-state index >= 15 is 0 Å². The van der Waals surface area contributed by atoms with Crippen molar-refractivity contribution < 1.29 is 0 Å². The minimum absolute atomic E-state index is 0.465. The first-order chi connectivity index (χ1) is 9.60. The largest absolute Gasteiger partial charge is 0.326 e. The second-order valence-corrected chi connectivity index (χ2v) is 5.18. The molecule has 0 amide bonds. The van der Waals surface area contributed by atoms with Gasteiger partial charge in [-0.05, 0) is 50.1 Å². The van der Waals surface area contributed by atoms with E-state index < -0.39 is 0 Å². The maximum atomic E-state index is 5.83. The summed E-state index contributed by atoms with van der Waals surface area (Å²) in [6, 6.07) is 8.28. The molecule has 0 aliphatic carbocycles. The zero-order valence-electron chi connectivity index (χ0n) is 12.0. The Morgan fingerprint density at radius 2 is 1.85 bits per heavy atom. The number of benzene rings is 1. The Labute approximate surface area is 118 Å². The van der Waals surface area contributed by atoms with Gasteiger partial charge in [-0.2, -0.15) is 0 Å². The van der Waals surface area contributed by atoms with Gasteiger partial charge in [-0.15, -0.1) is 0 Å². The predicted octanol–water partition coefficient (Wildman–Crippen LogP) is 2.80. The lowest BCUT2D eigenvalue weighted by Gasteiger charge is -2.10. The molecular weight excluding hydrogens is 248 g/mol. The predicted molar refractivity (Wildman–Crippen MR) is 81.0 cm³/mol. The summed E-state index contributed by atoms with van der Waals surface area (Å²) in [5.74, 6) is 0.873. The molecule has 3 aromatic rings. The SMILES string of the molecule is Cc1ccc(CN)c(-n2cnc3cc(C)c(C)cc32)n1. The summed E-state index contributed by atoms with van der Waals surface area (Å²) in [7, 11) is 0. The minimum Gasteiger partial charge on any atom is -0.326 e. The first kappa shape index (κ1) is 12.8. The van der Waals surface area contributed by atoms with Crippen LogP contribution >= 0.6 is 0 Å². The molecule has 0 saturated heterocycles. The van der Waals surface area contributed by atoms with Gasteiger partial charge in [0.05, 0.1) is 11.0 Å². The summed E-state index contributed by atoms with van der Waals surface area (Å²) in [6.07, 6.45) is 1.82. The summed E-state index contributed by atoms with van der Waals surface area (Å²) >= 11 is 0. The van der Waals surface area contributed by atoms with Gasteiger partial charge in [0.25, 0.3) is 0 Å². The van der Waals surface area contributed by atoms with Crippen LogP contribution in [-0.4, -0.2) is 14.5 Å².